The molecule has 0 atom stereocenters. The highest BCUT2D eigenvalue weighted by Crippen LogP contribution is 2.23. The molecule has 0 aliphatic heterocycles. The Bertz CT molecular complexity index is 262. The summed E-state index contributed by atoms with van der Waals surface area (Å²) in [5, 5.41) is 5.45. The molecule has 0 fully saturated rings. The van der Waals surface area contributed by atoms with Crippen LogP contribution in [-0.2, 0) is 6.54 Å². The molecule has 80 valence electrons. The molecule has 0 bridgehead atoms. The quantitative estimate of drug-likeness (QED) is 0.804. The highest BCUT2D eigenvalue weighted by atomic mass is 79.9. The van der Waals surface area contributed by atoms with E-state index in [-0.39, 0.29) is 0 Å². The van der Waals surface area contributed by atoms with Crippen molar-refractivity contribution < 1.29 is 0 Å². The van der Waals surface area contributed by atoms with Crippen LogP contribution in [0.2, 0.25) is 0 Å². The molecule has 0 aliphatic carbocycles. The number of rotatable bonds is 6. The van der Waals surface area contributed by atoms with Gasteiger partial charge in [-0.15, -0.1) is 11.3 Å². The molecule has 0 aromatic carbocycles. The summed E-state index contributed by atoms with van der Waals surface area (Å²) in [7, 11) is 2.16. The van der Waals surface area contributed by atoms with Crippen LogP contribution in [0.25, 0.3) is 0 Å². The van der Waals surface area contributed by atoms with Gasteiger partial charge in [0.25, 0.3) is 0 Å². The molecule has 0 radical (unpaired) electrons. The lowest BCUT2D eigenvalue weighted by Crippen LogP contribution is -2.28. The van der Waals surface area contributed by atoms with E-state index in [4.69, 9.17) is 0 Å². The van der Waals surface area contributed by atoms with E-state index in [1.807, 2.05) is 11.3 Å². The fourth-order valence-corrected chi connectivity index (χ4v) is 2.77. The van der Waals surface area contributed by atoms with Gasteiger partial charge >= 0.3 is 0 Å². The smallest absolute Gasteiger partial charge is 0.0336 e. The molecule has 1 heterocycles. The maximum atomic E-state index is 3.54. The van der Waals surface area contributed by atoms with Crippen LogP contribution in [0.3, 0.4) is 0 Å². The Morgan fingerprint density at radius 2 is 2.36 bits per heavy atom. The van der Waals surface area contributed by atoms with Crippen LogP contribution in [0.15, 0.2) is 15.9 Å². The predicted octanol–water partition coefficient (Wildman–Crippen LogP) is 2.55. The Morgan fingerprint density at radius 1 is 1.57 bits per heavy atom. The van der Waals surface area contributed by atoms with Crippen LogP contribution in [-0.4, -0.2) is 31.6 Å². The maximum absolute atomic E-state index is 3.54. The molecule has 14 heavy (non-hydrogen) atoms. The van der Waals surface area contributed by atoms with E-state index in [0.29, 0.717) is 0 Å². The van der Waals surface area contributed by atoms with Crippen molar-refractivity contribution in [3.05, 3.63) is 20.8 Å². The summed E-state index contributed by atoms with van der Waals surface area (Å²) < 4.78 is 1.23. The average Bonchev–Trinajstić information content (AvgIpc) is 2.52. The molecule has 1 aromatic rings. The third-order valence-electron chi connectivity index (χ3n) is 2.02. The van der Waals surface area contributed by atoms with Gasteiger partial charge in [-0.05, 0) is 41.0 Å². The van der Waals surface area contributed by atoms with E-state index >= 15 is 0 Å². The lowest BCUT2D eigenvalue weighted by Gasteiger charge is -2.15. The zero-order chi connectivity index (χ0) is 10.4. The van der Waals surface area contributed by atoms with E-state index < -0.39 is 0 Å². The summed E-state index contributed by atoms with van der Waals surface area (Å²) in [6.07, 6.45) is 0. The maximum Gasteiger partial charge on any atom is 0.0336 e. The highest BCUT2D eigenvalue weighted by molar-refractivity contribution is 9.10. The average molecular weight is 277 g/mol. The fourth-order valence-electron chi connectivity index (χ4n) is 1.21. The van der Waals surface area contributed by atoms with E-state index in [9.17, 15) is 0 Å². The molecule has 4 heteroatoms. The summed E-state index contributed by atoms with van der Waals surface area (Å²) in [6, 6.07) is 2.11. The van der Waals surface area contributed by atoms with Crippen LogP contribution in [0.1, 0.15) is 11.8 Å². The number of halogens is 1. The van der Waals surface area contributed by atoms with Gasteiger partial charge in [0, 0.05) is 29.0 Å². The molecule has 0 aliphatic rings. The van der Waals surface area contributed by atoms with Crippen LogP contribution in [0, 0.1) is 0 Å². The first-order valence-corrected chi connectivity index (χ1v) is 6.52. The van der Waals surface area contributed by atoms with Crippen molar-refractivity contribution in [3.8, 4) is 0 Å². The number of nitrogens with zero attached hydrogens (tertiary/aromatic N) is 1. The van der Waals surface area contributed by atoms with Crippen molar-refractivity contribution in [1.82, 2.24) is 10.2 Å². The first-order chi connectivity index (χ1) is 6.74. The van der Waals surface area contributed by atoms with Gasteiger partial charge in [-0.2, -0.15) is 0 Å². The molecule has 0 saturated heterocycles. The van der Waals surface area contributed by atoms with Gasteiger partial charge < -0.3 is 5.32 Å². The van der Waals surface area contributed by atoms with Gasteiger partial charge in [-0.1, -0.05) is 6.92 Å². The topological polar surface area (TPSA) is 15.3 Å². The minimum Gasteiger partial charge on any atom is -0.316 e. The Kier molecular flexibility index (Phi) is 5.70. The summed E-state index contributed by atoms with van der Waals surface area (Å²) in [5.74, 6) is 0. The largest absolute Gasteiger partial charge is 0.316 e. The SMILES string of the molecule is CCNCCN(C)Cc1sccc1Br. The van der Waals surface area contributed by atoms with Crippen LogP contribution in [0.4, 0.5) is 0 Å². The second-order valence-corrected chi connectivity index (χ2v) is 5.14. The van der Waals surface area contributed by atoms with Crippen LogP contribution in [0.5, 0.6) is 0 Å². The second kappa shape index (κ2) is 6.56. The molecule has 2 nitrogen and oxygen atoms in total. The molecule has 1 rings (SSSR count). The number of nitrogens with one attached hydrogen (secondary N) is 1. The minimum atomic E-state index is 1.03. The molecule has 0 unspecified atom stereocenters. The standard InChI is InChI=1S/C10H17BrN2S/c1-3-12-5-6-13(2)8-10-9(11)4-7-14-10/h4,7,12H,3,5-6,8H2,1-2H3. The van der Waals surface area contributed by atoms with Gasteiger partial charge in [0.1, 0.15) is 0 Å². The number of hydrogen-bond donors (Lipinski definition) is 1. The molecule has 0 amide bonds. The van der Waals surface area contributed by atoms with Crippen LogP contribution >= 0.6 is 27.3 Å². The third-order valence-corrected chi connectivity index (χ3v) is 3.94. The molecule has 1 aromatic heterocycles. The molecule has 0 spiro atoms. The second-order valence-electron chi connectivity index (χ2n) is 3.28. The highest BCUT2D eigenvalue weighted by Gasteiger charge is 2.04. The van der Waals surface area contributed by atoms with E-state index in [0.717, 1.165) is 26.2 Å². The van der Waals surface area contributed by atoms with Gasteiger partial charge in [0.2, 0.25) is 0 Å². The summed E-state index contributed by atoms with van der Waals surface area (Å²) in [5.41, 5.74) is 0. The Hall–Kier alpha value is 0.100. The van der Waals surface area contributed by atoms with E-state index in [1.54, 1.807) is 0 Å². The molecular formula is C10H17BrN2S. The van der Waals surface area contributed by atoms with Crippen molar-refractivity contribution >= 4 is 27.3 Å². The Morgan fingerprint density at radius 3 is 2.93 bits per heavy atom. The Labute approximate surface area is 98.4 Å². The van der Waals surface area contributed by atoms with Gasteiger partial charge in [0.05, 0.1) is 0 Å². The molecular weight excluding hydrogens is 260 g/mol. The van der Waals surface area contributed by atoms with Crippen molar-refractivity contribution in [2.24, 2.45) is 0 Å². The van der Waals surface area contributed by atoms with Gasteiger partial charge in [-0.3, -0.25) is 4.90 Å². The number of hydrogen-bond acceptors (Lipinski definition) is 3. The molecule has 1 N–H and O–H groups in total. The van der Waals surface area contributed by atoms with Crippen molar-refractivity contribution in [1.29, 1.82) is 0 Å². The van der Waals surface area contributed by atoms with Gasteiger partial charge in [-0.25, -0.2) is 0 Å². The predicted molar refractivity (Wildman–Crippen MR) is 66.9 cm³/mol. The van der Waals surface area contributed by atoms with E-state index in [1.165, 1.54) is 9.35 Å². The van der Waals surface area contributed by atoms with E-state index in [2.05, 4.69) is 51.6 Å². The monoisotopic (exact) mass is 276 g/mol. The zero-order valence-corrected chi connectivity index (χ0v) is 11.1. The minimum absolute atomic E-state index is 1.03. The molecule has 0 saturated carbocycles. The van der Waals surface area contributed by atoms with Crippen molar-refractivity contribution in [2.45, 2.75) is 13.5 Å². The van der Waals surface area contributed by atoms with Crippen molar-refractivity contribution in [3.63, 3.8) is 0 Å². The number of thiophene rings is 1. The first-order valence-electron chi connectivity index (χ1n) is 4.85. The lowest BCUT2D eigenvalue weighted by atomic mass is 10.4. The normalized spacial score (nSPS) is 11.1. The summed E-state index contributed by atoms with van der Waals surface area (Å²) >= 11 is 5.35. The first kappa shape index (κ1) is 12.2. The summed E-state index contributed by atoms with van der Waals surface area (Å²) in [4.78, 5) is 3.74. The zero-order valence-electron chi connectivity index (χ0n) is 8.72. The third kappa shape index (κ3) is 4.09. The van der Waals surface area contributed by atoms with Crippen molar-refractivity contribution in [2.75, 3.05) is 26.7 Å². The summed E-state index contributed by atoms with van der Waals surface area (Å²) in [6.45, 7) is 6.38. The van der Waals surface area contributed by atoms with Crippen LogP contribution < -0.4 is 5.32 Å². The number of likely N-dealkylation sites (N-methyl/N-ethyl adjacent to an activating group) is 2. The fraction of sp³-hybridized carbons (Fsp3) is 0.600. The lowest BCUT2D eigenvalue weighted by molar-refractivity contribution is 0.328. The van der Waals surface area contributed by atoms with Gasteiger partial charge in [0.15, 0.2) is 0 Å². The Balaban J connectivity index is 2.27.